The number of carbonyl (C=O) groups is 3. The summed E-state index contributed by atoms with van der Waals surface area (Å²) in [5.41, 5.74) is 11.8. The van der Waals surface area contributed by atoms with Gasteiger partial charge in [0.1, 0.15) is 29.1 Å². The molecule has 6 N–H and O–H groups in total. The number of nitrogens with one attached hydrogen (secondary N) is 4. The van der Waals surface area contributed by atoms with Gasteiger partial charge in [-0.25, -0.2) is 22.4 Å². The van der Waals surface area contributed by atoms with Gasteiger partial charge < -0.3 is 26.6 Å². The van der Waals surface area contributed by atoms with E-state index in [1.807, 2.05) is 50.5 Å². The molecule has 0 aliphatic heterocycles. The molecule has 3 aromatic heterocycles. The van der Waals surface area contributed by atoms with Crippen molar-refractivity contribution in [3.8, 4) is 22.3 Å². The van der Waals surface area contributed by atoms with E-state index in [4.69, 9.17) is 52.5 Å². The molecule has 9 rings (SSSR count). The van der Waals surface area contributed by atoms with Gasteiger partial charge in [0, 0.05) is 77.0 Å². The van der Waals surface area contributed by atoms with Crippen LogP contribution in [0.5, 0.6) is 0 Å². The van der Waals surface area contributed by atoms with Crippen LogP contribution < -0.4 is 21.7 Å². The van der Waals surface area contributed by atoms with Gasteiger partial charge in [-0.05, 0) is 119 Å². The molecule has 3 amide bonds. The molecule has 0 saturated carbocycles. The summed E-state index contributed by atoms with van der Waals surface area (Å²) in [6, 6.07) is 43.4. The first-order valence-corrected chi connectivity index (χ1v) is 29.0. The molecule has 3 heterocycles. The first-order chi connectivity index (χ1) is 38.7. The maximum Gasteiger partial charge on any atom is 0.261 e. The number of halogens is 9. The predicted molar refractivity (Wildman–Crippen MR) is 328 cm³/mol. The largest absolute Gasteiger partial charge is 0.363 e. The van der Waals surface area contributed by atoms with Crippen LogP contribution in [0.3, 0.4) is 0 Å². The highest BCUT2D eigenvalue weighted by Gasteiger charge is 2.15. The van der Waals surface area contributed by atoms with Gasteiger partial charge in [-0.15, -0.1) is 34.0 Å². The minimum absolute atomic E-state index is 0.0775. The molecule has 10 nitrogen and oxygen atoms in total. The van der Waals surface area contributed by atoms with Gasteiger partial charge in [0.05, 0.1) is 34.2 Å². The van der Waals surface area contributed by atoms with Crippen molar-refractivity contribution < 1.29 is 31.9 Å². The first kappa shape index (κ1) is 63.5. The van der Waals surface area contributed by atoms with E-state index in [1.165, 1.54) is 58.3 Å². The van der Waals surface area contributed by atoms with E-state index in [0.717, 1.165) is 36.8 Å². The highest BCUT2D eigenvalue weighted by Crippen LogP contribution is 2.28. The topological polar surface area (TPSA) is 145 Å². The summed E-state index contributed by atoms with van der Waals surface area (Å²) >= 11 is 27.4. The third-order valence-corrected chi connectivity index (χ3v) is 16.0. The monoisotopic (exact) mass is 1340 g/mol. The van der Waals surface area contributed by atoms with E-state index in [2.05, 4.69) is 52.7 Å². The average Bonchev–Trinajstić information content (AvgIpc) is 4.25. The summed E-state index contributed by atoms with van der Waals surface area (Å²) in [4.78, 5) is 42.5. The molecule has 6 aromatic carbocycles. The molecule has 0 aliphatic rings. The van der Waals surface area contributed by atoms with Gasteiger partial charge in [-0.3, -0.25) is 19.8 Å². The number of amidine groups is 1. The van der Waals surface area contributed by atoms with Crippen LogP contribution in [0.1, 0.15) is 56.8 Å². The number of rotatable bonds is 13. The molecule has 9 aromatic rings. The fourth-order valence-corrected chi connectivity index (χ4v) is 10.8. The molecule has 0 atom stereocenters. The van der Waals surface area contributed by atoms with E-state index < -0.39 is 0 Å². The van der Waals surface area contributed by atoms with Gasteiger partial charge in [0.2, 0.25) is 0 Å². The molecule has 0 fully saturated rings. The summed E-state index contributed by atoms with van der Waals surface area (Å²) in [6.45, 7) is 7.51. The third-order valence-electron chi connectivity index (χ3n) is 11.3. The van der Waals surface area contributed by atoms with Crippen LogP contribution in [0.4, 0.5) is 23.2 Å². The van der Waals surface area contributed by atoms with Gasteiger partial charge in [0.25, 0.3) is 17.7 Å². The fourth-order valence-electron chi connectivity index (χ4n) is 7.06. The van der Waals surface area contributed by atoms with Crippen molar-refractivity contribution in [3.05, 3.63) is 257 Å². The van der Waals surface area contributed by atoms with Gasteiger partial charge in [-0.1, -0.05) is 127 Å². The molecule has 22 heteroatoms. The summed E-state index contributed by atoms with van der Waals surface area (Å²) in [5.74, 6) is -1.76. The van der Waals surface area contributed by atoms with E-state index in [-0.39, 0.29) is 67.2 Å². The number of hydrogen-bond donors (Lipinski definition) is 5. The molecule has 0 saturated heterocycles. The number of benzene rings is 6. The van der Waals surface area contributed by atoms with Crippen LogP contribution in [0.2, 0.25) is 13.0 Å². The van der Waals surface area contributed by atoms with Crippen LogP contribution in [-0.2, 0) is 26.2 Å². The molecule has 0 spiro atoms. The minimum atomic E-state index is -0.383. The number of amides is 3. The van der Waals surface area contributed by atoms with Crippen molar-refractivity contribution in [3.63, 3.8) is 0 Å². The van der Waals surface area contributed by atoms with Crippen molar-refractivity contribution in [2.45, 2.75) is 26.2 Å². The molecule has 0 radical (unpaired) electrons. The molecule has 81 heavy (non-hydrogen) atoms. The second-order valence-corrected chi connectivity index (χ2v) is 24.1. The number of carbonyl (C=O) groups excluding carboxylic acids is 3. The summed E-state index contributed by atoms with van der Waals surface area (Å²) < 4.78 is 57.6. The Bertz CT molecular complexity index is 3710. The van der Waals surface area contributed by atoms with E-state index in [1.54, 1.807) is 102 Å². The molecule has 0 bridgehead atoms. The van der Waals surface area contributed by atoms with Gasteiger partial charge in [0.15, 0.2) is 5.69 Å². The number of nitrogens with zero attached hydrogens (tertiary/aromatic N) is 2. The van der Waals surface area contributed by atoms with Crippen molar-refractivity contribution in [2.24, 2.45) is 5.73 Å². The molecular formula is C59H46Br2Cl3F4N7O3S3. The molecule has 0 aliphatic carbocycles. The van der Waals surface area contributed by atoms with E-state index >= 15 is 0 Å². The zero-order valence-corrected chi connectivity index (χ0v) is 50.6. The third kappa shape index (κ3) is 19.2. The Balaban J connectivity index is 0.000000183. The van der Waals surface area contributed by atoms with Gasteiger partial charge >= 0.3 is 0 Å². The Kier molecular flexibility index (Phi) is 24.2. The van der Waals surface area contributed by atoms with Crippen LogP contribution in [0.15, 0.2) is 167 Å². The maximum atomic E-state index is 14.2. The fraction of sp³-hybridized carbons (Fsp3) is 0.102. The lowest BCUT2D eigenvalue weighted by Gasteiger charge is -2.14. The quantitative estimate of drug-likeness (QED) is 0.0338. The average molecular weight is 1340 g/mol. The van der Waals surface area contributed by atoms with E-state index in [0.29, 0.717) is 61.4 Å². The Morgan fingerprint density at radius 2 is 0.852 bits per heavy atom. The number of hydrogen-bond acceptors (Lipinski definition) is 8. The zero-order valence-electron chi connectivity index (χ0n) is 42.7. The van der Waals surface area contributed by atoms with Crippen molar-refractivity contribution in [1.82, 2.24) is 20.9 Å². The Labute approximate surface area is 509 Å². The lowest BCUT2D eigenvalue weighted by molar-refractivity contribution is 0.0946. The standard InChI is InChI=1S/C21H19ClFN3OS.C19H12ClFN2OS.C12H8BrClFNOS.C7H7BrFN/c1-26(2)20(24)14-5-3-13(4-6-14)15-7-8-17(23)16(11-15)12-25-21(27)18-9-10-19(22)28-18;1-22-15-5-2-12(3-6-15)13-4-7-16(21)14(10-13)11-23-19(24)17-8-9-18(20)25-17;13-8-1-2-9(15)7(5-8)6-16-12(17)10-3-4-11(14)18-10;8-6-1-2-7(9)5(3-6)4-10/h3-11,24H,12H2,1-2H3,(H,25,27);2-10H,11H2,(H,23,24);1-5H,6H2,(H,16,17);1-3H,4,10H2. The van der Waals surface area contributed by atoms with Crippen LogP contribution in [-0.4, -0.2) is 42.6 Å². The predicted octanol–water partition coefficient (Wildman–Crippen LogP) is 17.0. The highest BCUT2D eigenvalue weighted by molar-refractivity contribution is 9.10. The normalized spacial score (nSPS) is 10.4. The Morgan fingerprint density at radius 3 is 1.19 bits per heavy atom. The number of thiophene rings is 3. The maximum absolute atomic E-state index is 14.2. The smallest absolute Gasteiger partial charge is 0.261 e. The zero-order chi connectivity index (χ0) is 58.8. The SMILES string of the molecule is CN(C)C(=N)c1ccc(-c2ccc(F)c(CNC(=O)c3ccc(Cl)s3)c2)cc1.NCc1cc(Br)ccc1F.O=C(NCc1cc(Br)ccc1F)c1ccc(Cl)s1.[C-]#[N+]c1ccc(-c2ccc(F)c(CNC(=O)c3ccc(Cl)s3)c2)cc1. The lowest BCUT2D eigenvalue weighted by atomic mass is 10.0. The van der Waals surface area contributed by atoms with Crippen molar-refractivity contribution >= 4 is 130 Å². The highest BCUT2D eigenvalue weighted by atomic mass is 79.9. The minimum Gasteiger partial charge on any atom is -0.363 e. The summed E-state index contributed by atoms with van der Waals surface area (Å²) in [5, 5.41) is 16.1. The number of nitrogens with two attached hydrogens (primary N) is 1. The van der Waals surface area contributed by atoms with Crippen LogP contribution in [0, 0.1) is 35.3 Å². The van der Waals surface area contributed by atoms with Crippen molar-refractivity contribution in [2.75, 3.05) is 14.1 Å². The second kappa shape index (κ2) is 30.9. The van der Waals surface area contributed by atoms with E-state index in [9.17, 15) is 31.9 Å². The second-order valence-electron chi connectivity index (χ2n) is 17.1. The molecular weight excluding hydrogens is 1290 g/mol. The molecule has 0 unspecified atom stereocenters. The van der Waals surface area contributed by atoms with Gasteiger partial charge in [-0.2, -0.15) is 0 Å². The molecule has 416 valence electrons. The lowest BCUT2D eigenvalue weighted by Crippen LogP contribution is -2.22. The van der Waals surface area contributed by atoms with Crippen LogP contribution in [0.25, 0.3) is 27.1 Å². The van der Waals surface area contributed by atoms with Crippen molar-refractivity contribution in [1.29, 1.82) is 5.41 Å². The Morgan fingerprint density at radius 1 is 0.519 bits per heavy atom. The van der Waals surface area contributed by atoms with Crippen LogP contribution >= 0.6 is 101 Å². The first-order valence-electron chi connectivity index (χ1n) is 23.8. The Hall–Kier alpha value is -6.70. The summed E-state index contributed by atoms with van der Waals surface area (Å²) in [7, 11) is 3.64. The summed E-state index contributed by atoms with van der Waals surface area (Å²) in [6.07, 6.45) is 0.